The summed E-state index contributed by atoms with van der Waals surface area (Å²) in [5.41, 5.74) is 0.796. The van der Waals surface area contributed by atoms with E-state index >= 15 is 0 Å². The molecule has 3 heterocycles. The van der Waals surface area contributed by atoms with Crippen molar-refractivity contribution in [3.05, 3.63) is 46.1 Å². The van der Waals surface area contributed by atoms with Gasteiger partial charge in [0.1, 0.15) is 5.82 Å². The third-order valence-electron chi connectivity index (χ3n) is 5.40. The van der Waals surface area contributed by atoms with Gasteiger partial charge in [0, 0.05) is 40.2 Å². The zero-order valence-corrected chi connectivity index (χ0v) is 15.9. The molecule has 4 rings (SSSR count). The number of halogens is 2. The molecular formula is C19H22Cl2N4O. The van der Waals surface area contributed by atoms with E-state index in [9.17, 15) is 4.79 Å². The number of anilines is 1. The van der Waals surface area contributed by atoms with Gasteiger partial charge in [0.2, 0.25) is 5.91 Å². The molecule has 2 saturated heterocycles. The third-order valence-corrected chi connectivity index (χ3v) is 6.11. The van der Waals surface area contributed by atoms with Gasteiger partial charge in [0.25, 0.3) is 0 Å². The lowest BCUT2D eigenvalue weighted by Crippen LogP contribution is -2.39. The number of amides is 1. The van der Waals surface area contributed by atoms with Gasteiger partial charge in [-0.3, -0.25) is 4.79 Å². The number of hydrogen-bond acceptors (Lipinski definition) is 3. The van der Waals surface area contributed by atoms with Crippen LogP contribution in [-0.4, -0.2) is 27.8 Å². The molecule has 2 atom stereocenters. The highest BCUT2D eigenvalue weighted by atomic mass is 35.5. The summed E-state index contributed by atoms with van der Waals surface area (Å²) < 4.78 is 1.72. The van der Waals surface area contributed by atoms with Crippen molar-refractivity contribution >= 4 is 34.9 Å². The number of carbonyl (C=O) groups excluding carboxylic acids is 1. The first-order valence-electron chi connectivity index (χ1n) is 9.09. The Bertz CT molecular complexity index is 774. The van der Waals surface area contributed by atoms with Crippen LogP contribution in [0.25, 0.3) is 0 Å². The Morgan fingerprint density at radius 3 is 2.58 bits per heavy atom. The topological polar surface area (TPSA) is 59.0 Å². The first-order valence-corrected chi connectivity index (χ1v) is 9.84. The summed E-state index contributed by atoms with van der Waals surface area (Å²) in [6, 6.07) is 8.41. The highest BCUT2D eigenvalue weighted by Crippen LogP contribution is 2.33. The molecule has 1 amide bonds. The number of aromatic nitrogens is 2. The van der Waals surface area contributed by atoms with Gasteiger partial charge in [-0.1, -0.05) is 29.3 Å². The van der Waals surface area contributed by atoms with Gasteiger partial charge >= 0.3 is 0 Å². The fraction of sp³-hybridized carbons (Fsp3) is 0.474. The van der Waals surface area contributed by atoms with Crippen LogP contribution in [0, 0.1) is 5.92 Å². The molecule has 5 nitrogen and oxygen atoms in total. The van der Waals surface area contributed by atoms with Crippen molar-refractivity contribution in [1.29, 1.82) is 0 Å². The van der Waals surface area contributed by atoms with E-state index in [0.29, 0.717) is 46.8 Å². The van der Waals surface area contributed by atoms with Crippen molar-refractivity contribution in [2.24, 2.45) is 5.92 Å². The van der Waals surface area contributed by atoms with Gasteiger partial charge in [-0.05, 0) is 43.7 Å². The maximum absolute atomic E-state index is 12.5. The SMILES string of the molecule is O=C(CC1CC2CCC(C1)N2)Nc1ccnn1Cc1c(Cl)cccc1Cl. The van der Waals surface area contributed by atoms with Crippen LogP contribution in [-0.2, 0) is 11.3 Å². The van der Waals surface area contributed by atoms with E-state index in [0.717, 1.165) is 18.4 Å². The maximum atomic E-state index is 12.5. The minimum atomic E-state index is 0.0447. The van der Waals surface area contributed by atoms with Gasteiger partial charge in [-0.15, -0.1) is 0 Å². The minimum absolute atomic E-state index is 0.0447. The number of nitrogens with one attached hydrogen (secondary N) is 2. The van der Waals surface area contributed by atoms with Crippen molar-refractivity contribution < 1.29 is 4.79 Å². The average molecular weight is 393 g/mol. The molecule has 2 fully saturated rings. The van der Waals surface area contributed by atoms with E-state index in [1.54, 1.807) is 29.1 Å². The molecular weight excluding hydrogens is 371 g/mol. The van der Waals surface area contributed by atoms with Crippen LogP contribution in [0.15, 0.2) is 30.5 Å². The van der Waals surface area contributed by atoms with E-state index in [4.69, 9.17) is 23.2 Å². The molecule has 7 heteroatoms. The summed E-state index contributed by atoms with van der Waals surface area (Å²) >= 11 is 12.5. The van der Waals surface area contributed by atoms with E-state index in [1.165, 1.54) is 12.8 Å². The highest BCUT2D eigenvalue weighted by molar-refractivity contribution is 6.35. The van der Waals surface area contributed by atoms with Crippen LogP contribution in [0.1, 0.15) is 37.7 Å². The second kappa shape index (κ2) is 7.59. The molecule has 138 valence electrons. The van der Waals surface area contributed by atoms with Crippen molar-refractivity contribution in [3.8, 4) is 0 Å². The summed E-state index contributed by atoms with van der Waals surface area (Å²) in [4.78, 5) is 12.5. The van der Waals surface area contributed by atoms with Crippen molar-refractivity contribution in [3.63, 3.8) is 0 Å². The molecule has 0 saturated carbocycles. The summed E-state index contributed by atoms with van der Waals surface area (Å²) in [7, 11) is 0. The summed E-state index contributed by atoms with van der Waals surface area (Å²) in [5.74, 6) is 1.18. The zero-order valence-electron chi connectivity index (χ0n) is 14.4. The quantitative estimate of drug-likeness (QED) is 0.804. The van der Waals surface area contributed by atoms with Gasteiger partial charge in [-0.2, -0.15) is 5.10 Å². The molecule has 26 heavy (non-hydrogen) atoms. The highest BCUT2D eigenvalue weighted by Gasteiger charge is 2.34. The fourth-order valence-corrected chi connectivity index (χ4v) is 4.71. The maximum Gasteiger partial charge on any atom is 0.225 e. The molecule has 2 N–H and O–H groups in total. The number of fused-ring (bicyclic) bond motifs is 2. The molecule has 2 unspecified atom stereocenters. The summed E-state index contributed by atoms with van der Waals surface area (Å²) in [5, 5.41) is 12.1. The van der Waals surface area contributed by atoms with Gasteiger partial charge < -0.3 is 10.6 Å². The molecule has 0 spiro atoms. The predicted molar refractivity (Wildman–Crippen MR) is 104 cm³/mol. The van der Waals surface area contributed by atoms with Crippen molar-refractivity contribution in [2.75, 3.05) is 5.32 Å². The minimum Gasteiger partial charge on any atom is -0.311 e. The Kier molecular flexibility index (Phi) is 5.20. The monoisotopic (exact) mass is 392 g/mol. The van der Waals surface area contributed by atoms with Crippen LogP contribution in [0.4, 0.5) is 5.82 Å². The number of benzene rings is 1. The lowest BCUT2D eigenvalue weighted by atomic mass is 9.89. The van der Waals surface area contributed by atoms with E-state index in [-0.39, 0.29) is 5.91 Å². The number of hydrogen-bond donors (Lipinski definition) is 2. The number of rotatable bonds is 5. The summed E-state index contributed by atoms with van der Waals surface area (Å²) in [6.07, 6.45) is 6.91. The Labute approximate surface area is 163 Å². The molecule has 1 aromatic carbocycles. The molecule has 2 aliphatic rings. The molecule has 2 aromatic rings. The zero-order chi connectivity index (χ0) is 18.1. The first-order chi connectivity index (χ1) is 12.6. The Balaban J connectivity index is 1.40. The van der Waals surface area contributed by atoms with Crippen molar-refractivity contribution in [2.45, 2.75) is 50.7 Å². The standard InChI is InChI=1S/C19H22Cl2N4O/c20-16-2-1-3-17(21)15(16)11-25-18(6-7-22-25)24-19(26)10-12-8-13-4-5-14(9-12)23-13/h1-3,6-7,12-14,23H,4-5,8-11H2,(H,24,26). The van der Waals surface area contributed by atoms with Crippen molar-refractivity contribution in [1.82, 2.24) is 15.1 Å². The average Bonchev–Trinajstić information content (AvgIpc) is 3.17. The van der Waals surface area contributed by atoms with Gasteiger partial charge in [0.05, 0.1) is 12.7 Å². The molecule has 0 radical (unpaired) electrons. The smallest absolute Gasteiger partial charge is 0.225 e. The number of piperidine rings is 1. The van der Waals surface area contributed by atoms with Gasteiger partial charge in [0.15, 0.2) is 0 Å². The van der Waals surface area contributed by atoms with E-state index in [2.05, 4.69) is 15.7 Å². The van der Waals surface area contributed by atoms with Crippen LogP contribution >= 0.6 is 23.2 Å². The molecule has 0 aliphatic carbocycles. The summed E-state index contributed by atoms with van der Waals surface area (Å²) in [6.45, 7) is 0.415. The Morgan fingerprint density at radius 2 is 1.88 bits per heavy atom. The third kappa shape index (κ3) is 3.90. The van der Waals surface area contributed by atoms with Crippen LogP contribution in [0.2, 0.25) is 10.0 Å². The fourth-order valence-electron chi connectivity index (χ4n) is 4.20. The van der Waals surface area contributed by atoms with Crippen LogP contribution in [0.5, 0.6) is 0 Å². The Hall–Kier alpha value is -1.56. The number of carbonyl (C=O) groups is 1. The lowest BCUT2D eigenvalue weighted by molar-refractivity contribution is -0.117. The second-order valence-corrected chi connectivity index (χ2v) is 8.12. The Morgan fingerprint density at radius 1 is 1.19 bits per heavy atom. The van der Waals surface area contributed by atoms with E-state index in [1.807, 2.05) is 6.07 Å². The second-order valence-electron chi connectivity index (χ2n) is 7.30. The van der Waals surface area contributed by atoms with Gasteiger partial charge in [-0.25, -0.2) is 4.68 Å². The normalized spacial score (nSPS) is 24.6. The molecule has 2 aliphatic heterocycles. The van der Waals surface area contributed by atoms with E-state index < -0.39 is 0 Å². The first kappa shape index (κ1) is 17.8. The largest absolute Gasteiger partial charge is 0.311 e. The molecule has 1 aromatic heterocycles. The van der Waals surface area contributed by atoms with Crippen LogP contribution in [0.3, 0.4) is 0 Å². The lowest BCUT2D eigenvalue weighted by Gasteiger charge is -2.28. The van der Waals surface area contributed by atoms with Crippen LogP contribution < -0.4 is 10.6 Å². The molecule has 2 bridgehead atoms. The number of nitrogens with zero attached hydrogens (tertiary/aromatic N) is 2. The predicted octanol–water partition coefficient (Wildman–Crippen LogP) is 4.10.